The second-order valence-corrected chi connectivity index (χ2v) is 39.8. The van der Waals surface area contributed by atoms with Crippen LogP contribution in [0.5, 0.6) is 0 Å². The van der Waals surface area contributed by atoms with Gasteiger partial charge in [-0.2, -0.15) is 0 Å². The molecule has 0 saturated heterocycles. The molecule has 594 valence electrons. The lowest BCUT2D eigenvalue weighted by Gasteiger charge is -2.50. The van der Waals surface area contributed by atoms with Crippen molar-refractivity contribution < 1.29 is 8.83 Å². The third-order valence-corrected chi connectivity index (χ3v) is 28.6. The Balaban J connectivity index is 0.636. The molecule has 21 rings (SSSR count). The molecule has 2 aromatic heterocycles. The lowest BCUT2D eigenvalue weighted by Crippen LogP contribution is -2.61. The summed E-state index contributed by atoms with van der Waals surface area (Å²) in [6, 6.07) is 113. The molecule has 10 heteroatoms. The van der Waals surface area contributed by atoms with Gasteiger partial charge in [0, 0.05) is 95.8 Å². The summed E-state index contributed by atoms with van der Waals surface area (Å²) in [5, 5.41) is 2.20. The first-order chi connectivity index (χ1) is 57.6. The van der Waals surface area contributed by atoms with Gasteiger partial charge in [0.05, 0.1) is 33.9 Å². The number of nitrogens with zero attached hydrogens (tertiary/aromatic N) is 6. The molecular weight excluding hydrogens is 1460 g/mol. The van der Waals surface area contributed by atoms with E-state index in [0.717, 1.165) is 121 Å². The fourth-order valence-electron chi connectivity index (χ4n) is 21.6. The van der Waals surface area contributed by atoms with Crippen LogP contribution in [0, 0.1) is 0 Å². The van der Waals surface area contributed by atoms with Crippen molar-refractivity contribution >= 4 is 165 Å². The summed E-state index contributed by atoms with van der Waals surface area (Å²) < 4.78 is 14.8. The molecule has 5 aliphatic heterocycles. The predicted molar refractivity (Wildman–Crippen MR) is 509 cm³/mol. The predicted octanol–water partition coefficient (Wildman–Crippen LogP) is 26.5. The highest BCUT2D eigenvalue weighted by Gasteiger charge is 2.58. The Kier molecular flexibility index (Phi) is 17.1. The highest BCUT2D eigenvalue weighted by atomic mass is 16.3. The molecule has 8 nitrogen and oxygen atoms in total. The highest BCUT2D eigenvalue weighted by Crippen LogP contribution is 2.62. The molecule has 1 fully saturated rings. The quantitative estimate of drug-likeness (QED) is 0.106. The fraction of sp³-hybridized carbons (Fsp3) is 0.255. The SMILES string of the molecule is CC(C)(C)c1ccc(N2c3cc(N4c5ccccc5C5(C)CCCCC45C)ccc3B3c4oc5ccccc5c4N(c4ccc(C(C)(C)CCC(C)(C)c5ccc(N6c7ccc(C(C)(C)C)cc7B7c8oc9ccccc9c8N(c8ccc(C(C)(C)C)cc8)c8cc(N(c9ccccc9)c9ccccc9)cc6c87)cc5)cc4)c4cccc2c43)cc1. The van der Waals surface area contributed by atoms with Crippen LogP contribution in [0.25, 0.3) is 21.9 Å². The van der Waals surface area contributed by atoms with Gasteiger partial charge >= 0.3 is 0 Å². The summed E-state index contributed by atoms with van der Waals surface area (Å²) in [4.78, 5) is 15.3. The van der Waals surface area contributed by atoms with Crippen LogP contribution in [0.15, 0.2) is 306 Å². The molecule has 0 spiro atoms. The average Bonchev–Trinajstić information content (AvgIpc) is 1.37. The van der Waals surface area contributed by atoms with E-state index >= 15 is 0 Å². The number of rotatable bonds is 13. The molecule has 0 N–H and O–H groups in total. The van der Waals surface area contributed by atoms with Gasteiger partial charge < -0.3 is 38.2 Å². The largest absolute Gasteiger partial charge is 0.468 e. The van der Waals surface area contributed by atoms with Gasteiger partial charge in [-0.05, 0) is 261 Å². The van der Waals surface area contributed by atoms with Crippen molar-refractivity contribution in [2.45, 2.75) is 180 Å². The van der Waals surface area contributed by atoms with Crippen molar-refractivity contribution in [2.24, 2.45) is 0 Å². The van der Waals surface area contributed by atoms with Crippen molar-refractivity contribution in [3.63, 3.8) is 0 Å². The summed E-state index contributed by atoms with van der Waals surface area (Å²) in [5.74, 6) is 0. The number of benzene rings is 13. The summed E-state index contributed by atoms with van der Waals surface area (Å²) >= 11 is 0. The van der Waals surface area contributed by atoms with E-state index in [9.17, 15) is 0 Å². The van der Waals surface area contributed by atoms with Gasteiger partial charge in [-0.1, -0.05) is 261 Å². The van der Waals surface area contributed by atoms with Crippen LogP contribution in [0.4, 0.5) is 96.7 Å². The molecule has 0 bridgehead atoms. The number of para-hydroxylation sites is 5. The first-order valence-corrected chi connectivity index (χ1v) is 43.7. The molecule has 1 aliphatic carbocycles. The van der Waals surface area contributed by atoms with Gasteiger partial charge in [-0.3, -0.25) is 0 Å². The lowest BCUT2D eigenvalue weighted by molar-refractivity contribution is 0.195. The Morgan fingerprint density at radius 2 is 0.733 bits per heavy atom. The van der Waals surface area contributed by atoms with Crippen LogP contribution in [0.2, 0.25) is 0 Å². The summed E-state index contributed by atoms with van der Waals surface area (Å²) in [6.45, 7) is 35.3. The topological polar surface area (TPSA) is 45.7 Å². The molecule has 13 aromatic carbocycles. The van der Waals surface area contributed by atoms with Crippen LogP contribution < -0.4 is 62.6 Å². The molecule has 120 heavy (non-hydrogen) atoms. The molecule has 2 atom stereocenters. The Morgan fingerprint density at radius 3 is 1.27 bits per heavy atom. The first kappa shape index (κ1) is 75.3. The highest BCUT2D eigenvalue weighted by molar-refractivity contribution is 7.00. The van der Waals surface area contributed by atoms with E-state index in [0.29, 0.717) is 0 Å². The minimum atomic E-state index is -0.226. The van der Waals surface area contributed by atoms with Gasteiger partial charge in [0.2, 0.25) is 0 Å². The van der Waals surface area contributed by atoms with Crippen LogP contribution in [-0.4, -0.2) is 19.0 Å². The molecule has 1 saturated carbocycles. The van der Waals surface area contributed by atoms with Gasteiger partial charge in [-0.15, -0.1) is 0 Å². The second-order valence-electron chi connectivity index (χ2n) is 39.8. The third kappa shape index (κ3) is 11.7. The number of anilines is 17. The Bertz CT molecular complexity index is 6520. The molecule has 7 heterocycles. The number of furan rings is 2. The van der Waals surface area contributed by atoms with E-state index in [-0.39, 0.29) is 51.5 Å². The maximum atomic E-state index is 7.40. The van der Waals surface area contributed by atoms with Crippen molar-refractivity contribution in [1.82, 2.24) is 0 Å². The average molecular weight is 1570 g/mol. The van der Waals surface area contributed by atoms with Crippen LogP contribution >= 0.6 is 0 Å². The van der Waals surface area contributed by atoms with Gasteiger partial charge in [0.1, 0.15) is 11.2 Å². The Morgan fingerprint density at radius 1 is 0.325 bits per heavy atom. The maximum absolute atomic E-state index is 7.40. The van der Waals surface area contributed by atoms with Crippen molar-refractivity contribution in [3.05, 3.63) is 331 Å². The molecular formula is C110H106B2N6O2. The first-order valence-electron chi connectivity index (χ1n) is 43.7. The Labute approximate surface area is 709 Å². The van der Waals surface area contributed by atoms with Crippen LogP contribution in [-0.2, 0) is 32.5 Å². The molecule has 0 radical (unpaired) electrons. The lowest BCUT2D eigenvalue weighted by atomic mass is 9.35. The van der Waals surface area contributed by atoms with E-state index in [4.69, 9.17) is 8.83 Å². The van der Waals surface area contributed by atoms with E-state index < -0.39 is 0 Å². The van der Waals surface area contributed by atoms with Crippen LogP contribution in [0.1, 0.15) is 176 Å². The van der Waals surface area contributed by atoms with Gasteiger partial charge in [0.25, 0.3) is 13.4 Å². The smallest absolute Gasteiger partial charge is 0.297 e. The van der Waals surface area contributed by atoms with Crippen LogP contribution in [0.3, 0.4) is 0 Å². The molecule has 2 unspecified atom stereocenters. The summed E-state index contributed by atoms with van der Waals surface area (Å²) in [7, 11) is 0. The Hall–Kier alpha value is -12.1. The minimum absolute atomic E-state index is 0.00286. The maximum Gasteiger partial charge on any atom is 0.297 e. The van der Waals surface area contributed by atoms with Crippen molar-refractivity contribution in [3.8, 4) is 0 Å². The number of fused-ring (bicyclic) bond motifs is 15. The van der Waals surface area contributed by atoms with E-state index in [1.165, 1.54) is 103 Å². The van der Waals surface area contributed by atoms with Crippen molar-refractivity contribution in [2.75, 3.05) is 29.4 Å². The second kappa shape index (κ2) is 27.2. The van der Waals surface area contributed by atoms with E-state index in [2.05, 4.69) is 431 Å². The molecule has 15 aromatic rings. The fourth-order valence-corrected chi connectivity index (χ4v) is 21.6. The minimum Gasteiger partial charge on any atom is -0.468 e. The van der Waals surface area contributed by atoms with E-state index in [1.54, 1.807) is 0 Å². The number of hydrogen-bond donors (Lipinski definition) is 0. The molecule has 6 aliphatic rings. The normalized spacial score (nSPS) is 17.2. The summed E-state index contributed by atoms with van der Waals surface area (Å²) in [6.07, 6.45) is 6.73. The van der Waals surface area contributed by atoms with Gasteiger partial charge in [-0.25, -0.2) is 0 Å². The van der Waals surface area contributed by atoms with E-state index in [1.807, 2.05) is 0 Å². The monoisotopic (exact) mass is 1560 g/mol. The molecule has 0 amide bonds. The zero-order chi connectivity index (χ0) is 82.5. The van der Waals surface area contributed by atoms with Crippen molar-refractivity contribution in [1.29, 1.82) is 0 Å². The van der Waals surface area contributed by atoms with Gasteiger partial charge in [0.15, 0.2) is 0 Å². The third-order valence-electron chi connectivity index (χ3n) is 28.6. The number of hydrogen-bond acceptors (Lipinski definition) is 8. The summed E-state index contributed by atoms with van der Waals surface area (Å²) in [5.41, 5.74) is 35.3. The zero-order valence-corrected chi connectivity index (χ0v) is 72.2. The standard InChI is InChI=1S/C110H106B2N6O2/c1-104(2,3)71-43-52-79(53-44-71)115-91-39-30-40-92-98(91)111(87-61-60-82(68-93(87)115)118-89-38-25-24-37-86(89)109(14)63-28-29-64-110(109,118)15)102-100(84-35-22-26-41-96(84)119-102)116(92)80-58-49-74(50-59-80)108(12,13)66-65-107(10,11)73-47-56-78(57-48-73)114-90-62-51-75(106(7,8)9)67-88(90)112-99-94(114)69-83(113(76-31-18-16-19-32-76)77-33-20-17-21-34-77)70-95(99)117(81-54-45-72(46-55-81)105(4,5)6)101-85-36-23-27-42-97(85)120-103(101)112/h16-27,30-62,67-70H,28-29,63-66H2,1-15H3. The zero-order valence-electron chi connectivity index (χ0n) is 72.2.